The Hall–Kier alpha value is -4.13. The zero-order valence-electron chi connectivity index (χ0n) is 24.6. The summed E-state index contributed by atoms with van der Waals surface area (Å²) in [5.74, 6) is 0.0801. The molecule has 2 atom stereocenters. The lowest BCUT2D eigenvalue weighted by Crippen LogP contribution is -2.49. The number of fused-ring (bicyclic) bond motifs is 3. The maximum absolute atomic E-state index is 13.7. The molecule has 2 aromatic carbocycles. The summed E-state index contributed by atoms with van der Waals surface area (Å²) in [4.78, 5) is 19.7. The monoisotopic (exact) mass is 672 g/mol. The van der Waals surface area contributed by atoms with Crippen LogP contribution < -0.4 is 5.43 Å². The molecule has 13 heteroatoms. The lowest BCUT2D eigenvalue weighted by molar-refractivity contribution is -0.178. The minimum absolute atomic E-state index is 0.0159. The predicted octanol–water partition coefficient (Wildman–Crippen LogP) is 6.73. The van der Waals surface area contributed by atoms with Crippen molar-refractivity contribution in [1.82, 2.24) is 20.3 Å². The van der Waals surface area contributed by atoms with E-state index in [0.29, 0.717) is 35.5 Å². The predicted molar refractivity (Wildman–Crippen MR) is 163 cm³/mol. The number of hydrogen-bond donors (Lipinski definition) is 1. The summed E-state index contributed by atoms with van der Waals surface area (Å²) in [7, 11) is 0. The molecule has 0 bridgehead atoms. The molecule has 232 valence electrons. The summed E-state index contributed by atoms with van der Waals surface area (Å²) >= 11 is 3.49. The molecule has 2 aliphatic rings. The molecule has 3 aromatic rings. The van der Waals surface area contributed by atoms with E-state index in [2.05, 4.69) is 31.6 Å². The second kappa shape index (κ2) is 12.5. The van der Waals surface area contributed by atoms with Crippen molar-refractivity contribution in [3.63, 3.8) is 0 Å². The number of halogens is 4. The summed E-state index contributed by atoms with van der Waals surface area (Å²) in [6.45, 7) is 7.63. The second-order valence-electron chi connectivity index (χ2n) is 11.4. The first-order valence-electron chi connectivity index (χ1n) is 14.0. The van der Waals surface area contributed by atoms with Crippen LogP contribution >= 0.6 is 15.9 Å². The van der Waals surface area contributed by atoms with Gasteiger partial charge in [0.25, 0.3) is 0 Å². The first-order chi connectivity index (χ1) is 20.8. The Morgan fingerprint density at radius 3 is 2.50 bits per heavy atom. The third-order valence-corrected chi connectivity index (χ3v) is 7.39. The van der Waals surface area contributed by atoms with Crippen LogP contribution in [-0.2, 0) is 22.5 Å². The lowest BCUT2D eigenvalue weighted by atomic mass is 10.0. The Kier molecular flexibility index (Phi) is 8.87. The van der Waals surface area contributed by atoms with Gasteiger partial charge in [0.1, 0.15) is 12.2 Å². The van der Waals surface area contributed by atoms with E-state index in [-0.39, 0.29) is 18.3 Å². The van der Waals surface area contributed by atoms with Crippen LogP contribution in [-0.4, -0.2) is 57.2 Å². The van der Waals surface area contributed by atoms with Crippen LogP contribution in [0.25, 0.3) is 0 Å². The Labute approximate surface area is 261 Å². The number of aromatic nitrogens is 1. The van der Waals surface area contributed by atoms with Crippen molar-refractivity contribution in [2.75, 3.05) is 6.54 Å². The number of amides is 1. The molecular formula is C31H32BrF3N6O3. The minimum Gasteiger partial charge on any atom is -0.470 e. The molecular weight excluding hydrogens is 641 g/mol. The van der Waals surface area contributed by atoms with Crippen LogP contribution in [0.3, 0.4) is 0 Å². The van der Waals surface area contributed by atoms with E-state index in [0.717, 1.165) is 15.0 Å². The topological polar surface area (TPSA) is 91.6 Å². The molecule has 0 saturated carbocycles. The number of amidine groups is 1. The molecule has 3 heterocycles. The zero-order chi connectivity index (χ0) is 31.6. The van der Waals surface area contributed by atoms with Crippen molar-refractivity contribution in [1.29, 1.82) is 0 Å². The summed E-state index contributed by atoms with van der Waals surface area (Å²) < 4.78 is 53.6. The first kappa shape index (κ1) is 31.3. The zero-order valence-corrected chi connectivity index (χ0v) is 26.2. The Morgan fingerprint density at radius 2 is 1.80 bits per heavy atom. The number of nitrogens with one attached hydrogen (secondary N) is 1. The molecule has 1 aromatic heterocycles. The van der Waals surface area contributed by atoms with Crippen molar-refractivity contribution < 1.29 is 27.4 Å². The van der Waals surface area contributed by atoms with E-state index in [9.17, 15) is 18.0 Å². The van der Waals surface area contributed by atoms with Crippen molar-refractivity contribution in [3.8, 4) is 0 Å². The highest BCUT2D eigenvalue weighted by Gasteiger charge is 2.50. The molecule has 0 radical (unpaired) electrons. The van der Waals surface area contributed by atoms with Gasteiger partial charge in [0.05, 0.1) is 17.4 Å². The number of nitrogens with zero attached hydrogens (tertiary/aromatic N) is 5. The molecule has 1 amide bonds. The normalized spacial score (nSPS) is 16.6. The SMILES string of the molecule is C[C@@H](c1cccc(COC2=NN3C(=NNC3C(F)(F)F)c3ccccc32)n1)N(CCc1cccc(Br)c1)C(=O)OC(C)(C)C. The third-order valence-electron chi connectivity index (χ3n) is 6.90. The van der Waals surface area contributed by atoms with Crippen LogP contribution in [0.15, 0.2) is 81.4 Å². The van der Waals surface area contributed by atoms with Gasteiger partial charge in [-0.05, 0) is 70.0 Å². The van der Waals surface area contributed by atoms with Gasteiger partial charge >= 0.3 is 12.3 Å². The largest absolute Gasteiger partial charge is 0.470 e. The number of rotatable bonds is 7. The third kappa shape index (κ3) is 7.15. The van der Waals surface area contributed by atoms with Crippen molar-refractivity contribution in [3.05, 3.63) is 99.3 Å². The summed E-state index contributed by atoms with van der Waals surface area (Å²) in [6.07, 6.45) is -6.59. The summed E-state index contributed by atoms with van der Waals surface area (Å²) in [6, 6.07) is 19.6. The quantitative estimate of drug-likeness (QED) is 0.299. The Morgan fingerprint density at radius 1 is 1.07 bits per heavy atom. The highest BCUT2D eigenvalue weighted by Crippen LogP contribution is 2.32. The first-order valence-corrected chi connectivity index (χ1v) is 14.8. The van der Waals surface area contributed by atoms with Crippen LogP contribution in [0, 0.1) is 0 Å². The van der Waals surface area contributed by atoms with Gasteiger partial charge in [-0.1, -0.05) is 52.3 Å². The molecule has 0 saturated heterocycles. The van der Waals surface area contributed by atoms with Crippen LogP contribution in [0.4, 0.5) is 18.0 Å². The van der Waals surface area contributed by atoms with Gasteiger partial charge in [0, 0.05) is 22.1 Å². The molecule has 0 fully saturated rings. The number of ether oxygens (including phenoxy) is 2. The summed E-state index contributed by atoms with van der Waals surface area (Å²) in [5.41, 5.74) is 4.58. The van der Waals surface area contributed by atoms with E-state index in [1.54, 1.807) is 41.3 Å². The van der Waals surface area contributed by atoms with Gasteiger partial charge in [-0.25, -0.2) is 9.80 Å². The maximum Gasteiger partial charge on any atom is 0.430 e. The molecule has 0 spiro atoms. The number of hydrogen-bond acceptors (Lipinski definition) is 8. The van der Waals surface area contributed by atoms with Crippen LogP contribution in [0.2, 0.25) is 0 Å². The number of hydrazone groups is 2. The van der Waals surface area contributed by atoms with E-state index in [4.69, 9.17) is 14.5 Å². The highest BCUT2D eigenvalue weighted by molar-refractivity contribution is 9.10. The number of alkyl halides is 3. The molecule has 1 unspecified atom stereocenters. The van der Waals surface area contributed by atoms with Crippen molar-refractivity contribution in [2.45, 2.75) is 64.7 Å². The van der Waals surface area contributed by atoms with E-state index in [1.165, 1.54) is 0 Å². The fourth-order valence-electron chi connectivity index (χ4n) is 4.79. The van der Waals surface area contributed by atoms with E-state index >= 15 is 0 Å². The highest BCUT2D eigenvalue weighted by atomic mass is 79.9. The van der Waals surface area contributed by atoms with Gasteiger partial charge in [0.15, 0.2) is 5.84 Å². The lowest BCUT2D eigenvalue weighted by Gasteiger charge is -2.32. The number of pyridine rings is 1. The molecule has 5 rings (SSSR count). The van der Waals surface area contributed by atoms with Crippen LogP contribution in [0.1, 0.15) is 61.8 Å². The minimum atomic E-state index is -4.62. The maximum atomic E-state index is 13.7. The molecule has 2 aliphatic heterocycles. The van der Waals surface area contributed by atoms with Gasteiger partial charge in [-0.3, -0.25) is 15.3 Å². The Balaban J connectivity index is 1.35. The van der Waals surface area contributed by atoms with E-state index in [1.807, 2.05) is 58.0 Å². The van der Waals surface area contributed by atoms with Gasteiger partial charge in [-0.2, -0.15) is 18.3 Å². The Bertz CT molecular complexity index is 1590. The molecule has 0 aliphatic carbocycles. The van der Waals surface area contributed by atoms with Crippen molar-refractivity contribution in [2.24, 2.45) is 10.2 Å². The van der Waals surface area contributed by atoms with Gasteiger partial charge in [-0.15, -0.1) is 5.10 Å². The standard InChI is InChI=1S/C31H32BrF3N6O3/c1-19(40(29(42)44-30(2,3)4)16-15-20-9-7-10-21(32)17-20)25-14-8-11-22(36-25)18-43-27-24-13-6-5-12-23(24)26-37-38-28(31(33,34)35)41(26)39-27/h5-14,17,19,28,38H,15-16,18H2,1-4H3/t19-,28?/m0/s1. The molecule has 1 N–H and O–H groups in total. The van der Waals surface area contributed by atoms with E-state index < -0.39 is 30.1 Å². The van der Waals surface area contributed by atoms with Gasteiger partial charge in [0.2, 0.25) is 12.1 Å². The second-order valence-corrected chi connectivity index (χ2v) is 12.3. The van der Waals surface area contributed by atoms with Crippen LogP contribution in [0.5, 0.6) is 0 Å². The molecule has 44 heavy (non-hydrogen) atoms. The number of carbonyl (C=O) groups excluding carboxylic acids is 1. The fourth-order valence-corrected chi connectivity index (χ4v) is 5.24. The number of carbonyl (C=O) groups is 1. The average molecular weight is 674 g/mol. The smallest absolute Gasteiger partial charge is 0.430 e. The summed E-state index contributed by atoms with van der Waals surface area (Å²) in [5, 5.41) is 8.82. The average Bonchev–Trinajstić information content (AvgIpc) is 3.40. The number of benzene rings is 2. The van der Waals surface area contributed by atoms with Crippen molar-refractivity contribution >= 4 is 33.8 Å². The van der Waals surface area contributed by atoms with Gasteiger partial charge < -0.3 is 9.47 Å². The molecule has 9 nitrogen and oxygen atoms in total. The fraction of sp³-hybridized carbons (Fsp3) is 0.355.